The molecule has 2 saturated heterocycles. The van der Waals surface area contributed by atoms with Crippen molar-refractivity contribution in [3.8, 4) is 5.19 Å². The van der Waals surface area contributed by atoms with Crippen LogP contribution in [0.15, 0.2) is 34.7 Å². The third-order valence-corrected chi connectivity index (χ3v) is 8.47. The van der Waals surface area contributed by atoms with Gasteiger partial charge in [-0.05, 0) is 43.9 Å². The minimum Gasteiger partial charge on any atom is -0.467 e. The zero-order valence-electron chi connectivity index (χ0n) is 15.8. The Morgan fingerprint density at radius 3 is 2.48 bits per heavy atom. The van der Waals surface area contributed by atoms with E-state index in [1.165, 1.54) is 27.8 Å². The maximum atomic E-state index is 13.4. The van der Waals surface area contributed by atoms with Crippen molar-refractivity contribution < 1.29 is 17.5 Å². The first kappa shape index (κ1) is 21.0. The number of hydrogen-bond acceptors (Lipinski definition) is 6. The van der Waals surface area contributed by atoms with Gasteiger partial charge in [-0.3, -0.25) is 0 Å². The first-order valence-electron chi connectivity index (χ1n) is 9.69. The summed E-state index contributed by atoms with van der Waals surface area (Å²) in [5, 5.41) is 2.46. The van der Waals surface area contributed by atoms with Crippen molar-refractivity contribution in [2.24, 2.45) is 0 Å². The van der Waals surface area contributed by atoms with Gasteiger partial charge in [0.25, 0.3) is 5.19 Å². The molecule has 2 aliphatic heterocycles. The number of halogens is 2. The average Bonchev–Trinajstić information content (AvgIpc) is 3.24. The Morgan fingerprint density at radius 2 is 1.86 bits per heavy atom. The molecule has 0 aliphatic carbocycles. The van der Waals surface area contributed by atoms with Gasteiger partial charge in [-0.25, -0.2) is 17.8 Å². The van der Waals surface area contributed by atoms with Gasteiger partial charge >= 0.3 is 0 Å². The smallest absolute Gasteiger partial charge is 0.273 e. The van der Waals surface area contributed by atoms with Crippen molar-refractivity contribution in [1.82, 2.24) is 14.2 Å². The SMILES string of the molecule is O=S(=O)(c1ccc(F)c(Cl)c1)N1CCC(N2CCC(Oc3nccs3)CC2)CC1. The van der Waals surface area contributed by atoms with Crippen LogP contribution in [0, 0.1) is 5.82 Å². The van der Waals surface area contributed by atoms with Crippen molar-refractivity contribution >= 4 is 33.0 Å². The van der Waals surface area contributed by atoms with E-state index in [1.807, 2.05) is 5.38 Å². The summed E-state index contributed by atoms with van der Waals surface area (Å²) < 4.78 is 46.4. The lowest BCUT2D eigenvalue weighted by Gasteiger charge is -2.41. The van der Waals surface area contributed by atoms with Crippen molar-refractivity contribution in [3.05, 3.63) is 40.6 Å². The van der Waals surface area contributed by atoms with Crippen LogP contribution in [0.25, 0.3) is 0 Å². The molecule has 2 aromatic rings. The molecular weight excluding hydrogens is 437 g/mol. The Bertz CT molecular complexity index is 926. The summed E-state index contributed by atoms with van der Waals surface area (Å²) in [6.07, 6.45) is 5.41. The first-order valence-corrected chi connectivity index (χ1v) is 12.4. The largest absolute Gasteiger partial charge is 0.467 e. The fourth-order valence-corrected chi connectivity index (χ4v) is 6.30. The quantitative estimate of drug-likeness (QED) is 0.683. The van der Waals surface area contributed by atoms with Gasteiger partial charge in [0.05, 0.1) is 9.92 Å². The molecule has 0 atom stereocenters. The second-order valence-corrected chi connectivity index (χ2v) is 10.6. The normalized spacial score (nSPS) is 20.8. The van der Waals surface area contributed by atoms with E-state index in [0.29, 0.717) is 19.1 Å². The minimum absolute atomic E-state index is 0.0440. The van der Waals surface area contributed by atoms with Gasteiger partial charge in [0, 0.05) is 43.8 Å². The second-order valence-electron chi connectivity index (χ2n) is 7.36. The number of rotatable bonds is 5. The number of likely N-dealkylation sites (tertiary alicyclic amines) is 1. The minimum atomic E-state index is -3.66. The van der Waals surface area contributed by atoms with E-state index >= 15 is 0 Å². The third-order valence-electron chi connectivity index (χ3n) is 5.62. The number of aromatic nitrogens is 1. The molecule has 0 unspecified atom stereocenters. The molecule has 3 heterocycles. The van der Waals surface area contributed by atoms with E-state index in [9.17, 15) is 12.8 Å². The monoisotopic (exact) mass is 459 g/mol. The van der Waals surface area contributed by atoms with Crippen LogP contribution in [0.3, 0.4) is 0 Å². The summed E-state index contributed by atoms with van der Waals surface area (Å²) >= 11 is 7.27. The molecule has 6 nitrogen and oxygen atoms in total. The van der Waals surface area contributed by atoms with Crippen LogP contribution in [-0.4, -0.2) is 60.9 Å². The van der Waals surface area contributed by atoms with Gasteiger partial charge in [-0.1, -0.05) is 22.9 Å². The van der Waals surface area contributed by atoms with E-state index in [1.54, 1.807) is 6.20 Å². The Hall–Kier alpha value is -1.26. The molecule has 0 amide bonds. The molecule has 158 valence electrons. The predicted octanol–water partition coefficient (Wildman–Crippen LogP) is 3.63. The lowest BCUT2D eigenvalue weighted by Crippen LogP contribution is -2.50. The maximum Gasteiger partial charge on any atom is 0.273 e. The van der Waals surface area contributed by atoms with E-state index in [4.69, 9.17) is 16.3 Å². The number of benzene rings is 1. The van der Waals surface area contributed by atoms with Crippen LogP contribution >= 0.6 is 22.9 Å². The van der Waals surface area contributed by atoms with Crippen LogP contribution in [0.5, 0.6) is 5.19 Å². The summed E-state index contributed by atoms with van der Waals surface area (Å²) in [4.78, 5) is 6.67. The molecular formula is C19H23ClFN3O3S2. The fourth-order valence-electron chi connectivity index (χ4n) is 4.00. The van der Waals surface area contributed by atoms with Gasteiger partial charge in [0.2, 0.25) is 10.0 Å². The number of ether oxygens (including phenoxy) is 1. The van der Waals surface area contributed by atoms with Gasteiger partial charge in [0.1, 0.15) is 11.9 Å². The summed E-state index contributed by atoms with van der Waals surface area (Å²) in [7, 11) is -3.66. The molecule has 0 bridgehead atoms. The second kappa shape index (κ2) is 8.85. The molecule has 1 aromatic carbocycles. The molecule has 1 aromatic heterocycles. The highest BCUT2D eigenvalue weighted by Gasteiger charge is 2.33. The van der Waals surface area contributed by atoms with Gasteiger partial charge in [-0.2, -0.15) is 4.31 Å². The molecule has 29 heavy (non-hydrogen) atoms. The fraction of sp³-hybridized carbons (Fsp3) is 0.526. The number of hydrogen-bond donors (Lipinski definition) is 0. The summed E-state index contributed by atoms with van der Waals surface area (Å²) in [5.74, 6) is -0.619. The number of thiazole rings is 1. The van der Waals surface area contributed by atoms with Crippen molar-refractivity contribution in [2.45, 2.75) is 42.7 Å². The number of piperidine rings is 2. The van der Waals surface area contributed by atoms with Gasteiger partial charge < -0.3 is 9.64 Å². The highest BCUT2D eigenvalue weighted by molar-refractivity contribution is 7.89. The highest BCUT2D eigenvalue weighted by Crippen LogP contribution is 2.28. The highest BCUT2D eigenvalue weighted by atomic mass is 35.5. The van der Waals surface area contributed by atoms with Crippen LogP contribution in [-0.2, 0) is 10.0 Å². The molecule has 0 spiro atoms. The molecule has 0 N–H and O–H groups in total. The van der Waals surface area contributed by atoms with E-state index in [-0.39, 0.29) is 16.0 Å². The molecule has 0 radical (unpaired) electrons. The standard InChI is InChI=1S/C19H23ClFN3O3S2/c20-17-13-16(1-2-18(17)21)29(25,26)24-10-3-14(4-11-24)23-8-5-15(6-9-23)27-19-22-7-12-28-19/h1-2,7,12-15H,3-6,8-11H2. The first-order chi connectivity index (χ1) is 13.9. The zero-order valence-corrected chi connectivity index (χ0v) is 18.2. The van der Waals surface area contributed by atoms with Crippen molar-refractivity contribution in [1.29, 1.82) is 0 Å². The number of nitrogens with zero attached hydrogens (tertiary/aromatic N) is 3. The average molecular weight is 460 g/mol. The van der Waals surface area contributed by atoms with Crippen LogP contribution in [0.1, 0.15) is 25.7 Å². The summed E-state index contributed by atoms with van der Waals surface area (Å²) in [6, 6.07) is 3.93. The summed E-state index contributed by atoms with van der Waals surface area (Å²) in [5.41, 5.74) is 0. The summed E-state index contributed by atoms with van der Waals surface area (Å²) in [6.45, 7) is 2.80. The molecule has 10 heteroatoms. The van der Waals surface area contributed by atoms with Gasteiger partial charge in [-0.15, -0.1) is 0 Å². The lowest BCUT2D eigenvalue weighted by atomic mass is 10.00. The van der Waals surface area contributed by atoms with Crippen molar-refractivity contribution in [3.63, 3.8) is 0 Å². The van der Waals surface area contributed by atoms with E-state index in [2.05, 4.69) is 9.88 Å². The Balaban J connectivity index is 1.30. The molecule has 2 aliphatic rings. The van der Waals surface area contributed by atoms with Crippen LogP contribution < -0.4 is 4.74 Å². The number of sulfonamides is 1. The predicted molar refractivity (Wildman–Crippen MR) is 111 cm³/mol. The third kappa shape index (κ3) is 4.74. The van der Waals surface area contributed by atoms with E-state index < -0.39 is 15.8 Å². The van der Waals surface area contributed by atoms with Crippen LogP contribution in [0.4, 0.5) is 4.39 Å². The molecule has 2 fully saturated rings. The Morgan fingerprint density at radius 1 is 1.14 bits per heavy atom. The molecule has 0 saturated carbocycles. The van der Waals surface area contributed by atoms with Crippen molar-refractivity contribution in [2.75, 3.05) is 26.2 Å². The maximum absolute atomic E-state index is 13.4. The zero-order chi connectivity index (χ0) is 20.4. The van der Waals surface area contributed by atoms with Crippen LogP contribution in [0.2, 0.25) is 5.02 Å². The van der Waals surface area contributed by atoms with Gasteiger partial charge in [0.15, 0.2) is 0 Å². The Kier molecular flexibility index (Phi) is 6.41. The topological polar surface area (TPSA) is 62.7 Å². The Labute approximate surface area is 179 Å². The lowest BCUT2D eigenvalue weighted by molar-refractivity contribution is 0.0584. The molecule has 4 rings (SSSR count). The van der Waals surface area contributed by atoms with E-state index in [0.717, 1.165) is 50.0 Å².